The quantitative estimate of drug-likeness (QED) is 0.811. The summed E-state index contributed by atoms with van der Waals surface area (Å²) >= 11 is 0. The van der Waals surface area contributed by atoms with Crippen molar-refractivity contribution >= 4 is 5.91 Å². The van der Waals surface area contributed by atoms with Crippen LogP contribution in [0.25, 0.3) is 0 Å². The smallest absolute Gasteiger partial charge is 0.245 e. The van der Waals surface area contributed by atoms with Gasteiger partial charge >= 0.3 is 0 Å². The van der Waals surface area contributed by atoms with Gasteiger partial charge in [-0.15, -0.1) is 0 Å². The lowest BCUT2D eigenvalue weighted by atomic mass is 10.1. The van der Waals surface area contributed by atoms with E-state index in [-0.39, 0.29) is 30.5 Å². The van der Waals surface area contributed by atoms with E-state index in [0.29, 0.717) is 24.9 Å². The van der Waals surface area contributed by atoms with Crippen LogP contribution in [0.5, 0.6) is 0 Å². The summed E-state index contributed by atoms with van der Waals surface area (Å²) in [5, 5.41) is 9.79. The van der Waals surface area contributed by atoms with Crippen molar-refractivity contribution < 1.29 is 14.1 Å². The second kappa shape index (κ2) is 6.12. The molecule has 1 aliphatic heterocycles. The molecule has 106 valence electrons. The first kappa shape index (κ1) is 14.0. The number of nitrogens with one attached hydrogen (secondary N) is 2. The van der Waals surface area contributed by atoms with Crippen molar-refractivity contribution in [2.75, 3.05) is 19.7 Å². The van der Waals surface area contributed by atoms with Crippen molar-refractivity contribution in [2.24, 2.45) is 5.92 Å². The first-order valence-corrected chi connectivity index (χ1v) is 6.57. The summed E-state index contributed by atoms with van der Waals surface area (Å²) in [6, 6.07) is -0.131. The van der Waals surface area contributed by atoms with E-state index in [1.165, 1.54) is 0 Å². The summed E-state index contributed by atoms with van der Waals surface area (Å²) in [5.74, 6) is 1.29. The van der Waals surface area contributed by atoms with E-state index in [0.717, 1.165) is 0 Å². The number of ether oxygens (including phenoxy) is 1. The van der Waals surface area contributed by atoms with Crippen LogP contribution < -0.4 is 10.6 Å². The minimum absolute atomic E-state index is 0.0228. The summed E-state index contributed by atoms with van der Waals surface area (Å²) in [4.78, 5) is 15.5. The second-order valence-corrected chi connectivity index (χ2v) is 4.85. The van der Waals surface area contributed by atoms with Crippen molar-refractivity contribution in [1.29, 1.82) is 0 Å². The van der Waals surface area contributed by atoms with Crippen LogP contribution >= 0.6 is 0 Å². The summed E-state index contributed by atoms with van der Waals surface area (Å²) in [6.07, 6.45) is -0.166. The Hall–Kier alpha value is -1.47. The zero-order valence-corrected chi connectivity index (χ0v) is 11.5. The van der Waals surface area contributed by atoms with Gasteiger partial charge in [-0.2, -0.15) is 4.98 Å². The molecule has 2 heterocycles. The summed E-state index contributed by atoms with van der Waals surface area (Å²) in [7, 11) is 0. The lowest BCUT2D eigenvalue weighted by Gasteiger charge is -2.20. The molecule has 19 heavy (non-hydrogen) atoms. The third-order valence-electron chi connectivity index (χ3n) is 2.97. The van der Waals surface area contributed by atoms with E-state index in [9.17, 15) is 4.79 Å². The predicted molar refractivity (Wildman–Crippen MR) is 67.3 cm³/mol. The van der Waals surface area contributed by atoms with Crippen LogP contribution in [0.2, 0.25) is 0 Å². The molecule has 0 aliphatic carbocycles. The molecule has 1 saturated heterocycles. The summed E-state index contributed by atoms with van der Waals surface area (Å²) < 4.78 is 10.9. The van der Waals surface area contributed by atoms with Gasteiger partial charge in [0.2, 0.25) is 17.6 Å². The zero-order chi connectivity index (χ0) is 13.8. The van der Waals surface area contributed by atoms with E-state index in [2.05, 4.69) is 34.6 Å². The SMILES string of the molecule is CCOC(c1noc(C2CNC(=O)CN2)n1)C(C)C. The van der Waals surface area contributed by atoms with Crippen LogP contribution in [0, 0.1) is 5.92 Å². The van der Waals surface area contributed by atoms with Gasteiger partial charge in [0.25, 0.3) is 0 Å². The van der Waals surface area contributed by atoms with Crippen molar-refractivity contribution in [1.82, 2.24) is 20.8 Å². The number of carbonyl (C=O) groups excluding carboxylic acids is 1. The second-order valence-electron chi connectivity index (χ2n) is 4.85. The molecule has 0 bridgehead atoms. The molecule has 7 heteroatoms. The van der Waals surface area contributed by atoms with Crippen molar-refractivity contribution in [3.05, 3.63) is 11.7 Å². The largest absolute Gasteiger partial charge is 0.370 e. The molecule has 1 amide bonds. The molecule has 1 aromatic rings. The number of hydrogen-bond acceptors (Lipinski definition) is 6. The van der Waals surface area contributed by atoms with Gasteiger partial charge in [0, 0.05) is 13.2 Å². The van der Waals surface area contributed by atoms with Gasteiger partial charge in [-0.3, -0.25) is 10.1 Å². The van der Waals surface area contributed by atoms with E-state index < -0.39 is 0 Å². The number of piperazine rings is 1. The van der Waals surface area contributed by atoms with Gasteiger partial charge in [-0.1, -0.05) is 19.0 Å². The maximum absolute atomic E-state index is 11.1. The molecule has 0 spiro atoms. The molecule has 1 aliphatic rings. The summed E-state index contributed by atoms with van der Waals surface area (Å²) in [5.41, 5.74) is 0. The summed E-state index contributed by atoms with van der Waals surface area (Å²) in [6.45, 7) is 7.37. The highest BCUT2D eigenvalue weighted by atomic mass is 16.5. The highest BCUT2D eigenvalue weighted by Crippen LogP contribution is 2.24. The highest BCUT2D eigenvalue weighted by Gasteiger charge is 2.27. The maximum atomic E-state index is 11.1. The van der Waals surface area contributed by atoms with Crippen molar-refractivity contribution in [2.45, 2.75) is 32.9 Å². The van der Waals surface area contributed by atoms with Crippen LogP contribution in [0.4, 0.5) is 0 Å². The van der Waals surface area contributed by atoms with Gasteiger partial charge in [0.15, 0.2) is 0 Å². The van der Waals surface area contributed by atoms with Crippen LogP contribution in [0.1, 0.15) is 44.6 Å². The van der Waals surface area contributed by atoms with E-state index in [4.69, 9.17) is 9.26 Å². The van der Waals surface area contributed by atoms with E-state index >= 15 is 0 Å². The first-order valence-electron chi connectivity index (χ1n) is 6.57. The Bertz CT molecular complexity index is 422. The number of rotatable bonds is 5. The van der Waals surface area contributed by atoms with Crippen LogP contribution in [-0.4, -0.2) is 35.7 Å². The third kappa shape index (κ3) is 3.30. The lowest BCUT2D eigenvalue weighted by Crippen LogP contribution is -2.47. The minimum atomic E-state index is -0.166. The number of amides is 1. The Balaban J connectivity index is 2.07. The monoisotopic (exact) mass is 268 g/mol. The van der Waals surface area contributed by atoms with Crippen LogP contribution in [-0.2, 0) is 9.53 Å². The van der Waals surface area contributed by atoms with E-state index in [1.807, 2.05) is 6.92 Å². The molecule has 0 radical (unpaired) electrons. The number of nitrogens with zero attached hydrogens (tertiary/aromatic N) is 2. The van der Waals surface area contributed by atoms with Gasteiger partial charge in [0.1, 0.15) is 12.1 Å². The molecule has 7 nitrogen and oxygen atoms in total. The molecule has 2 unspecified atom stereocenters. The highest BCUT2D eigenvalue weighted by molar-refractivity contribution is 5.78. The maximum Gasteiger partial charge on any atom is 0.245 e. The first-order chi connectivity index (χ1) is 9.11. The Labute approximate surface area is 112 Å². The number of carbonyl (C=O) groups is 1. The average molecular weight is 268 g/mol. The van der Waals surface area contributed by atoms with Crippen molar-refractivity contribution in [3.63, 3.8) is 0 Å². The van der Waals surface area contributed by atoms with Crippen LogP contribution in [0.15, 0.2) is 4.52 Å². The molecule has 1 aromatic heterocycles. The average Bonchev–Trinajstić information content (AvgIpc) is 2.85. The molecule has 2 atom stereocenters. The third-order valence-corrected chi connectivity index (χ3v) is 2.97. The van der Waals surface area contributed by atoms with Gasteiger partial charge in [-0.25, -0.2) is 0 Å². The molecule has 0 aromatic carbocycles. The van der Waals surface area contributed by atoms with Gasteiger partial charge < -0.3 is 14.6 Å². The molecular formula is C12H20N4O3. The Kier molecular flexibility index (Phi) is 4.49. The molecule has 0 saturated carbocycles. The normalized spacial score (nSPS) is 21.5. The van der Waals surface area contributed by atoms with E-state index in [1.54, 1.807) is 0 Å². The minimum Gasteiger partial charge on any atom is -0.370 e. The molecule has 2 N–H and O–H groups in total. The Morgan fingerprint density at radius 2 is 2.32 bits per heavy atom. The fourth-order valence-electron chi connectivity index (χ4n) is 1.99. The van der Waals surface area contributed by atoms with Gasteiger partial charge in [-0.05, 0) is 12.8 Å². The lowest BCUT2D eigenvalue weighted by molar-refractivity contribution is -0.121. The van der Waals surface area contributed by atoms with Crippen molar-refractivity contribution in [3.8, 4) is 0 Å². The van der Waals surface area contributed by atoms with Gasteiger partial charge in [0.05, 0.1) is 6.54 Å². The molecule has 2 rings (SSSR count). The Morgan fingerprint density at radius 3 is 2.89 bits per heavy atom. The fourth-order valence-corrected chi connectivity index (χ4v) is 1.99. The number of aromatic nitrogens is 2. The standard InChI is InChI=1S/C12H20N4O3/c1-4-18-10(7(2)3)11-15-12(19-16-11)8-5-14-9(17)6-13-8/h7-8,10,13H,4-6H2,1-3H3,(H,14,17). The van der Waals surface area contributed by atoms with Crippen LogP contribution in [0.3, 0.4) is 0 Å². The topological polar surface area (TPSA) is 89.3 Å². The molecular weight excluding hydrogens is 248 g/mol. The number of hydrogen-bond donors (Lipinski definition) is 2. The molecule has 1 fully saturated rings. The Morgan fingerprint density at radius 1 is 1.53 bits per heavy atom. The predicted octanol–water partition coefficient (Wildman–Crippen LogP) is 0.564. The zero-order valence-electron chi connectivity index (χ0n) is 11.5. The fraction of sp³-hybridized carbons (Fsp3) is 0.750.